The molecule has 0 spiro atoms. The van der Waals surface area contributed by atoms with Crippen molar-refractivity contribution >= 4 is 5.82 Å². The van der Waals surface area contributed by atoms with Crippen LogP contribution in [0.1, 0.15) is 49.1 Å². The summed E-state index contributed by atoms with van der Waals surface area (Å²) in [5.74, 6) is 1.88. The second-order valence-electron chi connectivity index (χ2n) is 7.14. The van der Waals surface area contributed by atoms with E-state index in [2.05, 4.69) is 72.7 Å². The van der Waals surface area contributed by atoms with Gasteiger partial charge in [0.05, 0.1) is 17.6 Å². The first kappa shape index (κ1) is 18.2. The van der Waals surface area contributed by atoms with Gasteiger partial charge in [-0.2, -0.15) is 5.10 Å². The number of ether oxygens (including phenoxy) is 1. The fourth-order valence-electron chi connectivity index (χ4n) is 2.98. The maximum Gasteiger partial charge on any atom is 0.156 e. The first-order valence-electron chi connectivity index (χ1n) is 9.22. The van der Waals surface area contributed by atoms with Gasteiger partial charge in [-0.05, 0) is 57.9 Å². The zero-order chi connectivity index (χ0) is 18.5. The number of nitrogens with one attached hydrogen (secondary N) is 1. The van der Waals surface area contributed by atoms with Crippen molar-refractivity contribution in [2.45, 2.75) is 53.1 Å². The molecule has 0 amide bonds. The summed E-state index contributed by atoms with van der Waals surface area (Å²) >= 11 is 0. The van der Waals surface area contributed by atoms with E-state index in [-0.39, 0.29) is 6.10 Å². The lowest BCUT2D eigenvalue weighted by atomic mass is 10.0. The number of anilines is 1. The Kier molecular flexibility index (Phi) is 5.71. The molecule has 0 radical (unpaired) electrons. The zero-order valence-electron chi connectivity index (χ0n) is 16.0. The van der Waals surface area contributed by atoms with Crippen LogP contribution in [-0.4, -0.2) is 16.3 Å². The molecule has 0 unspecified atom stereocenters. The van der Waals surface area contributed by atoms with Crippen LogP contribution in [0.3, 0.4) is 0 Å². The second kappa shape index (κ2) is 8.17. The van der Waals surface area contributed by atoms with Crippen LogP contribution in [0.2, 0.25) is 0 Å². The standard InChI is InChI=1S/C22H27N3O/c1-15(2)26-21-11-9-20(10-12-21)23-22-19(13-17(4)24-25-22)14-18-7-5-16(3)6-8-18/h5-9,11,13,15H,10,12,14H2,1-4H3,(H,23,25). The number of aryl methyl sites for hydroxylation is 2. The van der Waals surface area contributed by atoms with Crippen molar-refractivity contribution in [3.8, 4) is 0 Å². The van der Waals surface area contributed by atoms with E-state index < -0.39 is 0 Å². The van der Waals surface area contributed by atoms with Gasteiger partial charge in [-0.1, -0.05) is 29.8 Å². The third-order valence-corrected chi connectivity index (χ3v) is 4.29. The van der Waals surface area contributed by atoms with Gasteiger partial charge >= 0.3 is 0 Å². The molecule has 1 N–H and O–H groups in total. The van der Waals surface area contributed by atoms with Crippen LogP contribution in [-0.2, 0) is 11.2 Å². The van der Waals surface area contributed by atoms with E-state index in [0.29, 0.717) is 0 Å². The molecule has 2 aromatic rings. The maximum absolute atomic E-state index is 5.78. The highest BCUT2D eigenvalue weighted by Gasteiger charge is 2.12. The molecule has 136 valence electrons. The van der Waals surface area contributed by atoms with Crippen LogP contribution in [0.15, 0.2) is 53.9 Å². The number of hydrogen-bond donors (Lipinski definition) is 1. The molecule has 4 heteroatoms. The van der Waals surface area contributed by atoms with Crippen molar-refractivity contribution in [3.05, 3.63) is 76.3 Å². The van der Waals surface area contributed by atoms with Crippen molar-refractivity contribution in [2.75, 3.05) is 5.32 Å². The molecule has 1 aromatic carbocycles. The highest BCUT2D eigenvalue weighted by molar-refractivity contribution is 5.51. The molecule has 0 fully saturated rings. The monoisotopic (exact) mass is 349 g/mol. The van der Waals surface area contributed by atoms with Crippen LogP contribution >= 0.6 is 0 Å². The fourth-order valence-corrected chi connectivity index (χ4v) is 2.98. The van der Waals surface area contributed by atoms with Crippen LogP contribution in [0.4, 0.5) is 5.82 Å². The van der Waals surface area contributed by atoms with E-state index in [1.807, 2.05) is 13.0 Å². The van der Waals surface area contributed by atoms with Gasteiger partial charge in [0.15, 0.2) is 5.82 Å². The van der Waals surface area contributed by atoms with E-state index in [9.17, 15) is 0 Å². The highest BCUT2D eigenvalue weighted by Crippen LogP contribution is 2.24. The van der Waals surface area contributed by atoms with E-state index in [0.717, 1.165) is 47.8 Å². The Morgan fingerprint density at radius 3 is 2.46 bits per heavy atom. The number of rotatable bonds is 6. The van der Waals surface area contributed by atoms with Gasteiger partial charge in [0.2, 0.25) is 0 Å². The molecule has 1 aromatic heterocycles. The molecular weight excluding hydrogens is 322 g/mol. The van der Waals surface area contributed by atoms with Crippen molar-refractivity contribution in [1.82, 2.24) is 10.2 Å². The molecule has 1 aliphatic rings. The SMILES string of the molecule is Cc1ccc(Cc2cc(C)nnc2NC2=CC=C(OC(C)C)CC2)cc1. The molecule has 0 atom stereocenters. The third kappa shape index (κ3) is 4.94. The second-order valence-corrected chi connectivity index (χ2v) is 7.14. The van der Waals surface area contributed by atoms with Gasteiger partial charge in [0.1, 0.15) is 0 Å². The molecule has 1 heterocycles. The van der Waals surface area contributed by atoms with Crippen molar-refractivity contribution in [3.63, 3.8) is 0 Å². The smallest absolute Gasteiger partial charge is 0.156 e. The molecule has 4 nitrogen and oxygen atoms in total. The highest BCUT2D eigenvalue weighted by atomic mass is 16.5. The number of aromatic nitrogens is 2. The summed E-state index contributed by atoms with van der Waals surface area (Å²) in [6, 6.07) is 10.8. The number of nitrogens with zero attached hydrogens (tertiary/aromatic N) is 2. The van der Waals surface area contributed by atoms with E-state index in [1.54, 1.807) is 0 Å². The average Bonchev–Trinajstić information content (AvgIpc) is 2.60. The minimum Gasteiger partial charge on any atom is -0.495 e. The largest absolute Gasteiger partial charge is 0.495 e. The summed E-state index contributed by atoms with van der Waals surface area (Å²) < 4.78 is 5.78. The normalized spacial score (nSPS) is 14.0. The summed E-state index contributed by atoms with van der Waals surface area (Å²) in [6.45, 7) is 8.19. The molecule has 1 aliphatic carbocycles. The van der Waals surface area contributed by atoms with Gasteiger partial charge in [0, 0.05) is 24.1 Å². The summed E-state index contributed by atoms with van der Waals surface area (Å²) in [4.78, 5) is 0. The maximum atomic E-state index is 5.78. The number of hydrogen-bond acceptors (Lipinski definition) is 4. The molecule has 26 heavy (non-hydrogen) atoms. The molecular formula is C22H27N3O. The predicted octanol–water partition coefficient (Wildman–Crippen LogP) is 5.08. The number of allylic oxidation sites excluding steroid dienone is 4. The summed E-state index contributed by atoms with van der Waals surface area (Å²) in [5, 5.41) is 12.1. The van der Waals surface area contributed by atoms with Crippen LogP contribution in [0.5, 0.6) is 0 Å². The Hall–Kier alpha value is -2.62. The van der Waals surface area contributed by atoms with Crippen LogP contribution in [0, 0.1) is 13.8 Å². The Morgan fingerprint density at radius 2 is 1.81 bits per heavy atom. The van der Waals surface area contributed by atoms with E-state index in [1.165, 1.54) is 11.1 Å². The minimum absolute atomic E-state index is 0.216. The molecule has 0 saturated heterocycles. The molecule has 0 aliphatic heterocycles. The molecule has 0 bridgehead atoms. The Labute approximate surface area is 156 Å². The Balaban J connectivity index is 1.77. The third-order valence-electron chi connectivity index (χ3n) is 4.29. The molecule has 0 saturated carbocycles. The van der Waals surface area contributed by atoms with Crippen LogP contribution < -0.4 is 5.32 Å². The Morgan fingerprint density at radius 1 is 1.04 bits per heavy atom. The summed E-state index contributed by atoms with van der Waals surface area (Å²) in [7, 11) is 0. The Bertz CT molecular complexity index is 820. The van der Waals surface area contributed by atoms with Gasteiger partial charge in [-0.25, -0.2) is 0 Å². The minimum atomic E-state index is 0.216. The lowest BCUT2D eigenvalue weighted by molar-refractivity contribution is 0.139. The first-order chi connectivity index (χ1) is 12.5. The van der Waals surface area contributed by atoms with Crippen molar-refractivity contribution < 1.29 is 4.74 Å². The van der Waals surface area contributed by atoms with Crippen LogP contribution in [0.25, 0.3) is 0 Å². The van der Waals surface area contributed by atoms with Gasteiger partial charge in [-0.15, -0.1) is 5.10 Å². The molecule has 3 rings (SSSR count). The van der Waals surface area contributed by atoms with Gasteiger partial charge in [-0.3, -0.25) is 0 Å². The summed E-state index contributed by atoms with van der Waals surface area (Å²) in [5.41, 5.74) is 5.79. The predicted molar refractivity (Wildman–Crippen MR) is 106 cm³/mol. The van der Waals surface area contributed by atoms with Gasteiger partial charge < -0.3 is 10.1 Å². The lowest BCUT2D eigenvalue weighted by Crippen LogP contribution is -2.11. The average molecular weight is 349 g/mol. The number of benzene rings is 1. The summed E-state index contributed by atoms with van der Waals surface area (Å²) in [6.07, 6.45) is 7.00. The van der Waals surface area contributed by atoms with Gasteiger partial charge in [0.25, 0.3) is 0 Å². The topological polar surface area (TPSA) is 47.0 Å². The lowest BCUT2D eigenvalue weighted by Gasteiger charge is -2.19. The fraction of sp³-hybridized carbons (Fsp3) is 0.364. The quantitative estimate of drug-likeness (QED) is 0.790. The van der Waals surface area contributed by atoms with E-state index in [4.69, 9.17) is 4.74 Å². The van der Waals surface area contributed by atoms with Crippen molar-refractivity contribution in [1.29, 1.82) is 0 Å². The van der Waals surface area contributed by atoms with E-state index >= 15 is 0 Å². The van der Waals surface area contributed by atoms with Crippen molar-refractivity contribution in [2.24, 2.45) is 0 Å². The first-order valence-corrected chi connectivity index (χ1v) is 9.22. The zero-order valence-corrected chi connectivity index (χ0v) is 16.0.